The molecule has 0 atom stereocenters. The molecule has 0 aliphatic carbocycles. The molecular weight excluding hydrogens is 391 g/mol. The molecule has 0 spiro atoms. The zero-order valence-electron chi connectivity index (χ0n) is 13.5. The van der Waals surface area contributed by atoms with Crippen LogP contribution >= 0.6 is 35.4 Å². The van der Waals surface area contributed by atoms with Crippen LogP contribution in [0.1, 0.15) is 11.4 Å². The number of allylic oxidation sites excluding steroid dienone is 1. The van der Waals surface area contributed by atoms with Gasteiger partial charge in [-0.25, -0.2) is 5.10 Å². The Balaban J connectivity index is 1.72. The lowest BCUT2D eigenvalue weighted by Crippen LogP contribution is -2.04. The second-order valence-corrected chi connectivity index (χ2v) is 6.33. The molecule has 0 fully saturated rings. The highest BCUT2D eigenvalue weighted by Crippen LogP contribution is 2.32. The van der Waals surface area contributed by atoms with E-state index < -0.39 is 0 Å². The Bertz CT molecular complexity index is 976. The monoisotopic (exact) mass is 404 g/mol. The normalized spacial score (nSPS) is 11.5. The first kappa shape index (κ1) is 18.4. The number of halogens is 2. The molecule has 0 aliphatic rings. The zero-order valence-corrected chi connectivity index (χ0v) is 15.8. The molecule has 8 heteroatoms. The molecule has 26 heavy (non-hydrogen) atoms. The topological polar surface area (TPSA) is 55.2 Å². The summed E-state index contributed by atoms with van der Waals surface area (Å²) >= 11 is 17.4. The van der Waals surface area contributed by atoms with Gasteiger partial charge in [-0.05, 0) is 36.0 Å². The molecule has 0 saturated carbocycles. The largest absolute Gasteiger partial charge is 0.482 e. The van der Waals surface area contributed by atoms with Crippen LogP contribution in [0.25, 0.3) is 6.08 Å². The Morgan fingerprint density at radius 2 is 1.85 bits per heavy atom. The molecule has 0 saturated heterocycles. The van der Waals surface area contributed by atoms with Crippen LogP contribution in [0.15, 0.2) is 59.7 Å². The summed E-state index contributed by atoms with van der Waals surface area (Å²) in [6, 6.07) is 15.1. The Kier molecular flexibility index (Phi) is 6.22. The van der Waals surface area contributed by atoms with Crippen molar-refractivity contribution < 1.29 is 4.74 Å². The van der Waals surface area contributed by atoms with Crippen molar-refractivity contribution in [1.82, 2.24) is 14.9 Å². The molecule has 2 aromatic carbocycles. The smallest absolute Gasteiger partial charge is 0.216 e. The minimum Gasteiger partial charge on any atom is -0.482 e. The minimum absolute atomic E-state index is 0.107. The average Bonchev–Trinajstić information content (AvgIpc) is 2.99. The van der Waals surface area contributed by atoms with Crippen molar-refractivity contribution in [3.05, 3.63) is 80.8 Å². The summed E-state index contributed by atoms with van der Waals surface area (Å²) in [6.45, 7) is 0.107. The van der Waals surface area contributed by atoms with Crippen LogP contribution in [0, 0.1) is 4.77 Å². The zero-order chi connectivity index (χ0) is 18.4. The van der Waals surface area contributed by atoms with Gasteiger partial charge in [0.25, 0.3) is 0 Å². The average molecular weight is 405 g/mol. The van der Waals surface area contributed by atoms with Crippen LogP contribution in [0.5, 0.6) is 5.75 Å². The van der Waals surface area contributed by atoms with Crippen molar-refractivity contribution in [3.63, 3.8) is 0 Å². The summed E-state index contributed by atoms with van der Waals surface area (Å²) in [4.78, 5) is 0. The lowest BCUT2D eigenvalue weighted by atomic mass is 10.2. The number of benzene rings is 2. The van der Waals surface area contributed by atoms with E-state index in [0.29, 0.717) is 26.4 Å². The molecule has 0 amide bonds. The highest BCUT2D eigenvalue weighted by Gasteiger charge is 2.10. The van der Waals surface area contributed by atoms with Crippen molar-refractivity contribution in [3.8, 4) is 5.75 Å². The van der Waals surface area contributed by atoms with E-state index in [1.54, 1.807) is 24.4 Å². The Labute approximate surface area is 165 Å². The number of aromatic amines is 1. The third kappa shape index (κ3) is 4.60. The maximum Gasteiger partial charge on any atom is 0.216 e. The van der Waals surface area contributed by atoms with E-state index in [4.69, 9.17) is 40.2 Å². The van der Waals surface area contributed by atoms with Gasteiger partial charge in [0, 0.05) is 6.21 Å². The third-order valence-corrected chi connectivity index (χ3v) is 4.20. The van der Waals surface area contributed by atoms with Crippen molar-refractivity contribution in [2.24, 2.45) is 5.10 Å². The first-order valence-corrected chi connectivity index (χ1v) is 8.81. The number of rotatable bonds is 6. The number of hydrogen-bond donors (Lipinski definition) is 1. The maximum absolute atomic E-state index is 6.10. The van der Waals surface area contributed by atoms with Crippen LogP contribution in [0.3, 0.4) is 0 Å². The number of nitrogens with zero attached hydrogens (tertiary/aromatic N) is 3. The summed E-state index contributed by atoms with van der Waals surface area (Å²) in [5.41, 5.74) is 1.08. The van der Waals surface area contributed by atoms with E-state index in [0.717, 1.165) is 5.56 Å². The summed E-state index contributed by atoms with van der Waals surface area (Å²) in [7, 11) is 0. The van der Waals surface area contributed by atoms with Gasteiger partial charge < -0.3 is 4.74 Å². The number of nitrogens with one attached hydrogen (secondary N) is 1. The summed E-state index contributed by atoms with van der Waals surface area (Å²) in [5, 5.41) is 12.0. The Hall–Kier alpha value is -2.41. The first-order chi connectivity index (χ1) is 12.6. The standard InChI is InChI=1S/C18H14Cl2N4OS/c19-14-9-4-10-15(20)17(14)25-12-16-22-23-18(26)24(16)21-11-5-8-13-6-2-1-3-7-13/h1-11H,12H2,(H,23,26)/b8-5+,21-11-. The fourth-order valence-corrected chi connectivity index (χ4v) is 2.82. The van der Waals surface area contributed by atoms with Gasteiger partial charge >= 0.3 is 0 Å². The number of ether oxygens (including phenoxy) is 1. The molecule has 0 aliphatic heterocycles. The number of hydrogen-bond acceptors (Lipinski definition) is 4. The molecule has 0 radical (unpaired) electrons. The van der Waals surface area contributed by atoms with E-state index >= 15 is 0 Å². The molecule has 5 nitrogen and oxygen atoms in total. The SMILES string of the molecule is S=c1[nH]nc(COc2c(Cl)cccc2Cl)n1/N=C\C=C\c1ccccc1. The summed E-state index contributed by atoms with van der Waals surface area (Å²) < 4.78 is 7.52. The summed E-state index contributed by atoms with van der Waals surface area (Å²) in [6.07, 6.45) is 5.39. The lowest BCUT2D eigenvalue weighted by Gasteiger charge is -2.08. The number of para-hydroxylation sites is 1. The molecular formula is C18H14Cl2N4OS. The van der Waals surface area contributed by atoms with E-state index in [1.807, 2.05) is 42.5 Å². The minimum atomic E-state index is 0.107. The summed E-state index contributed by atoms with van der Waals surface area (Å²) in [5.74, 6) is 0.889. The highest BCUT2D eigenvalue weighted by atomic mass is 35.5. The van der Waals surface area contributed by atoms with Crippen LogP contribution < -0.4 is 4.74 Å². The van der Waals surface area contributed by atoms with Gasteiger partial charge in [0.1, 0.15) is 6.61 Å². The number of H-pyrrole nitrogens is 1. The maximum atomic E-state index is 6.10. The van der Waals surface area contributed by atoms with Gasteiger partial charge in [-0.15, -0.1) is 0 Å². The van der Waals surface area contributed by atoms with Crippen molar-refractivity contribution >= 4 is 47.7 Å². The van der Waals surface area contributed by atoms with E-state index in [2.05, 4.69) is 15.3 Å². The first-order valence-electron chi connectivity index (χ1n) is 7.64. The number of aromatic nitrogens is 3. The van der Waals surface area contributed by atoms with E-state index in [-0.39, 0.29) is 6.61 Å². The fourth-order valence-electron chi connectivity index (χ4n) is 2.12. The third-order valence-electron chi connectivity index (χ3n) is 3.34. The van der Waals surface area contributed by atoms with Gasteiger partial charge in [0.05, 0.1) is 10.0 Å². The fraction of sp³-hybridized carbons (Fsp3) is 0.0556. The highest BCUT2D eigenvalue weighted by molar-refractivity contribution is 7.71. The van der Waals surface area contributed by atoms with E-state index in [9.17, 15) is 0 Å². The molecule has 0 bridgehead atoms. The quantitative estimate of drug-likeness (QED) is 0.443. The van der Waals surface area contributed by atoms with Gasteiger partial charge in [-0.1, -0.05) is 65.7 Å². The predicted molar refractivity (Wildman–Crippen MR) is 108 cm³/mol. The van der Waals surface area contributed by atoms with Crippen LogP contribution in [-0.4, -0.2) is 21.1 Å². The van der Waals surface area contributed by atoms with Crippen molar-refractivity contribution in [2.45, 2.75) is 6.61 Å². The van der Waals surface area contributed by atoms with Gasteiger partial charge in [0.2, 0.25) is 4.77 Å². The van der Waals surface area contributed by atoms with Crippen molar-refractivity contribution in [1.29, 1.82) is 0 Å². The molecule has 1 aromatic heterocycles. The Morgan fingerprint density at radius 1 is 1.12 bits per heavy atom. The van der Waals surface area contributed by atoms with Gasteiger partial charge in [0.15, 0.2) is 11.6 Å². The van der Waals surface area contributed by atoms with Crippen LogP contribution in [0.4, 0.5) is 0 Å². The molecule has 3 aromatic rings. The Morgan fingerprint density at radius 3 is 2.58 bits per heavy atom. The molecule has 0 unspecified atom stereocenters. The lowest BCUT2D eigenvalue weighted by molar-refractivity contribution is 0.291. The second kappa shape index (κ2) is 8.80. The van der Waals surface area contributed by atoms with Crippen molar-refractivity contribution in [2.75, 3.05) is 0 Å². The van der Waals surface area contributed by atoms with Gasteiger partial charge in [-0.3, -0.25) is 0 Å². The van der Waals surface area contributed by atoms with Crippen LogP contribution in [0.2, 0.25) is 10.0 Å². The molecule has 1 N–H and O–H groups in total. The predicted octanol–water partition coefficient (Wildman–Crippen LogP) is 5.37. The molecule has 132 valence electrons. The van der Waals surface area contributed by atoms with Gasteiger partial charge in [-0.2, -0.15) is 14.9 Å². The van der Waals surface area contributed by atoms with Crippen LogP contribution in [-0.2, 0) is 6.61 Å². The molecule has 1 heterocycles. The molecule has 3 rings (SSSR count). The van der Waals surface area contributed by atoms with E-state index in [1.165, 1.54) is 4.68 Å². The second-order valence-electron chi connectivity index (χ2n) is 5.13.